The van der Waals surface area contributed by atoms with Crippen LogP contribution in [0.4, 0.5) is 5.69 Å². The summed E-state index contributed by atoms with van der Waals surface area (Å²) in [6.45, 7) is 7.04. The molecule has 37 heavy (non-hydrogen) atoms. The second-order valence-corrected chi connectivity index (χ2v) is 10.9. The van der Waals surface area contributed by atoms with E-state index >= 15 is 0 Å². The van der Waals surface area contributed by atoms with E-state index in [0.29, 0.717) is 24.1 Å². The van der Waals surface area contributed by atoms with Crippen molar-refractivity contribution in [2.75, 3.05) is 11.9 Å². The van der Waals surface area contributed by atoms with Crippen molar-refractivity contribution in [2.45, 2.75) is 77.4 Å². The fourth-order valence-corrected chi connectivity index (χ4v) is 6.40. The summed E-state index contributed by atoms with van der Waals surface area (Å²) in [4.78, 5) is 19.7. The quantitative estimate of drug-likeness (QED) is 0.361. The SMILES string of the molecule is Cc1ccc(NC(=O)CCN2C(=S)N[C@@H](c3ccccn3)[C@H]2c2cc(C)n(C3CCCCC3)c2C)cc1. The summed E-state index contributed by atoms with van der Waals surface area (Å²) in [5.74, 6) is -0.0145. The zero-order valence-corrected chi connectivity index (χ0v) is 22.9. The Hall–Kier alpha value is -3.19. The van der Waals surface area contributed by atoms with Crippen LogP contribution in [-0.4, -0.2) is 32.0 Å². The van der Waals surface area contributed by atoms with Crippen LogP contribution in [0.2, 0.25) is 0 Å². The number of hydrogen-bond acceptors (Lipinski definition) is 3. The Bertz CT molecular complexity index is 1250. The fourth-order valence-electron chi connectivity index (χ4n) is 6.07. The molecule has 1 aromatic carbocycles. The Labute approximate surface area is 225 Å². The van der Waals surface area contributed by atoms with Crippen LogP contribution in [0.5, 0.6) is 0 Å². The molecule has 1 aliphatic heterocycles. The Kier molecular flexibility index (Phi) is 7.60. The number of thiocarbonyl (C=S) groups is 1. The van der Waals surface area contributed by atoms with Crippen molar-refractivity contribution < 1.29 is 4.79 Å². The maximum absolute atomic E-state index is 12.9. The van der Waals surface area contributed by atoms with Gasteiger partial charge in [-0.1, -0.05) is 43.0 Å². The molecule has 0 radical (unpaired) electrons. The molecule has 5 rings (SSSR count). The van der Waals surface area contributed by atoms with E-state index in [2.05, 4.69) is 51.1 Å². The number of amides is 1. The van der Waals surface area contributed by atoms with Crippen LogP contribution in [0.3, 0.4) is 0 Å². The number of aromatic nitrogens is 2. The molecule has 2 N–H and O–H groups in total. The zero-order valence-electron chi connectivity index (χ0n) is 22.0. The monoisotopic (exact) mass is 515 g/mol. The highest BCUT2D eigenvalue weighted by Crippen LogP contribution is 2.42. The maximum Gasteiger partial charge on any atom is 0.226 e. The average molecular weight is 516 g/mol. The molecule has 0 spiro atoms. The highest BCUT2D eigenvalue weighted by Gasteiger charge is 2.41. The van der Waals surface area contributed by atoms with Gasteiger partial charge < -0.3 is 20.1 Å². The number of hydrogen-bond donors (Lipinski definition) is 2. The van der Waals surface area contributed by atoms with E-state index in [1.54, 1.807) is 0 Å². The van der Waals surface area contributed by atoms with Crippen LogP contribution >= 0.6 is 12.2 Å². The number of carbonyl (C=O) groups excluding carboxylic acids is 1. The van der Waals surface area contributed by atoms with Crippen LogP contribution in [0.1, 0.15) is 84.9 Å². The van der Waals surface area contributed by atoms with E-state index in [0.717, 1.165) is 11.4 Å². The summed E-state index contributed by atoms with van der Waals surface area (Å²) < 4.78 is 2.55. The second kappa shape index (κ2) is 11.1. The minimum Gasteiger partial charge on any atom is -0.352 e. The first-order valence-electron chi connectivity index (χ1n) is 13.5. The van der Waals surface area contributed by atoms with E-state index in [1.807, 2.05) is 49.5 Å². The molecule has 7 heteroatoms. The Balaban J connectivity index is 1.42. The van der Waals surface area contributed by atoms with Crippen molar-refractivity contribution >= 4 is 28.9 Å². The lowest BCUT2D eigenvalue weighted by Crippen LogP contribution is -2.33. The van der Waals surface area contributed by atoms with Gasteiger partial charge in [-0.15, -0.1) is 0 Å². The highest BCUT2D eigenvalue weighted by atomic mass is 32.1. The van der Waals surface area contributed by atoms with Gasteiger partial charge in [-0.3, -0.25) is 9.78 Å². The van der Waals surface area contributed by atoms with E-state index < -0.39 is 0 Å². The maximum atomic E-state index is 12.9. The van der Waals surface area contributed by atoms with Crippen molar-refractivity contribution in [2.24, 2.45) is 0 Å². The van der Waals surface area contributed by atoms with Gasteiger partial charge in [0.05, 0.1) is 17.8 Å². The van der Waals surface area contributed by atoms with E-state index in [4.69, 9.17) is 12.2 Å². The third kappa shape index (κ3) is 5.42. The van der Waals surface area contributed by atoms with Gasteiger partial charge in [0.1, 0.15) is 0 Å². The molecule has 1 aliphatic carbocycles. The Morgan fingerprint density at radius 3 is 2.54 bits per heavy atom. The number of rotatable bonds is 7. The molecule has 1 amide bonds. The average Bonchev–Trinajstić information content (AvgIpc) is 3.39. The third-order valence-corrected chi connectivity index (χ3v) is 8.25. The van der Waals surface area contributed by atoms with Crippen LogP contribution in [0, 0.1) is 20.8 Å². The first-order chi connectivity index (χ1) is 17.9. The molecular weight excluding hydrogens is 478 g/mol. The van der Waals surface area contributed by atoms with Crippen LogP contribution in [0.15, 0.2) is 54.7 Å². The molecule has 0 bridgehead atoms. The predicted molar refractivity (Wildman–Crippen MR) is 153 cm³/mol. The third-order valence-electron chi connectivity index (χ3n) is 7.89. The normalized spacial score (nSPS) is 20.2. The lowest BCUT2D eigenvalue weighted by Gasteiger charge is -2.29. The topological polar surface area (TPSA) is 62.2 Å². The standard InChI is InChI=1S/C30H37N5OS/c1-20-12-14-23(15-13-20)32-27(36)16-18-34-29(28(33-30(34)37)26-11-7-8-17-31-26)25-19-21(2)35(22(25)3)24-9-5-4-6-10-24/h7-8,11-15,17,19,24,28-29H,4-6,9-10,16,18H2,1-3H3,(H,32,36)(H,33,37)/t28-,29+/m0/s1. The number of benzene rings is 1. The number of aryl methyl sites for hydroxylation is 2. The van der Waals surface area contributed by atoms with Gasteiger partial charge in [-0.05, 0) is 81.7 Å². The molecule has 6 nitrogen and oxygen atoms in total. The molecule has 2 atom stereocenters. The zero-order chi connectivity index (χ0) is 25.9. The van der Waals surface area contributed by atoms with Crippen molar-refractivity contribution in [3.8, 4) is 0 Å². The molecule has 0 unspecified atom stereocenters. The number of anilines is 1. The van der Waals surface area contributed by atoms with Crippen molar-refractivity contribution in [3.63, 3.8) is 0 Å². The summed E-state index contributed by atoms with van der Waals surface area (Å²) in [6, 6.07) is 16.7. The summed E-state index contributed by atoms with van der Waals surface area (Å²) in [6.07, 6.45) is 8.59. The summed E-state index contributed by atoms with van der Waals surface area (Å²) >= 11 is 5.85. The van der Waals surface area contributed by atoms with Crippen molar-refractivity contribution in [1.82, 2.24) is 19.8 Å². The largest absolute Gasteiger partial charge is 0.352 e. The smallest absolute Gasteiger partial charge is 0.226 e. The minimum atomic E-state index is -0.0748. The molecule has 194 valence electrons. The van der Waals surface area contributed by atoms with E-state index in [-0.39, 0.29) is 18.0 Å². The van der Waals surface area contributed by atoms with Crippen LogP contribution in [-0.2, 0) is 4.79 Å². The molecule has 2 aromatic heterocycles. The van der Waals surface area contributed by atoms with Crippen LogP contribution < -0.4 is 10.6 Å². The lowest BCUT2D eigenvalue weighted by molar-refractivity contribution is -0.116. The van der Waals surface area contributed by atoms with Gasteiger partial charge in [0.25, 0.3) is 0 Å². The van der Waals surface area contributed by atoms with Crippen molar-refractivity contribution in [3.05, 3.63) is 82.9 Å². The van der Waals surface area contributed by atoms with Crippen molar-refractivity contribution in [1.29, 1.82) is 0 Å². The van der Waals surface area contributed by atoms with Gasteiger partial charge in [0.15, 0.2) is 5.11 Å². The van der Waals surface area contributed by atoms with Gasteiger partial charge in [0, 0.05) is 42.3 Å². The van der Waals surface area contributed by atoms with Crippen LogP contribution in [0.25, 0.3) is 0 Å². The second-order valence-electron chi connectivity index (χ2n) is 10.5. The first kappa shape index (κ1) is 25.5. The van der Waals surface area contributed by atoms with E-state index in [9.17, 15) is 4.79 Å². The molecule has 2 aliphatic rings. The minimum absolute atomic E-state index is 0.0145. The molecule has 1 saturated carbocycles. The summed E-state index contributed by atoms with van der Waals surface area (Å²) in [5, 5.41) is 7.24. The van der Waals surface area contributed by atoms with Gasteiger partial charge in [0.2, 0.25) is 5.91 Å². The molecule has 3 aromatic rings. The molecule has 3 heterocycles. The van der Waals surface area contributed by atoms with Gasteiger partial charge >= 0.3 is 0 Å². The van der Waals surface area contributed by atoms with Gasteiger partial charge in [-0.25, -0.2) is 0 Å². The molecule has 2 fully saturated rings. The summed E-state index contributed by atoms with van der Waals surface area (Å²) in [7, 11) is 0. The number of nitrogens with one attached hydrogen (secondary N) is 2. The lowest BCUT2D eigenvalue weighted by atomic mass is 9.94. The summed E-state index contributed by atoms with van der Waals surface area (Å²) in [5.41, 5.74) is 6.82. The van der Waals surface area contributed by atoms with E-state index in [1.165, 1.54) is 54.6 Å². The fraction of sp³-hybridized carbons (Fsp3) is 0.433. The number of pyridine rings is 1. The number of carbonyl (C=O) groups is 1. The predicted octanol–water partition coefficient (Wildman–Crippen LogP) is 6.31. The number of nitrogens with zero attached hydrogens (tertiary/aromatic N) is 3. The Morgan fingerprint density at radius 1 is 1.08 bits per heavy atom. The first-order valence-corrected chi connectivity index (χ1v) is 13.9. The molecule has 1 saturated heterocycles. The highest BCUT2D eigenvalue weighted by molar-refractivity contribution is 7.80. The van der Waals surface area contributed by atoms with Gasteiger partial charge in [-0.2, -0.15) is 0 Å². The molecular formula is C30H37N5OS. The Morgan fingerprint density at radius 2 is 1.84 bits per heavy atom.